The maximum absolute atomic E-state index is 12.5. The van der Waals surface area contributed by atoms with E-state index >= 15 is 0 Å². The van der Waals surface area contributed by atoms with Crippen molar-refractivity contribution in [2.75, 3.05) is 32.7 Å². The fraction of sp³-hybridized carbons (Fsp3) is 0.632. The summed E-state index contributed by atoms with van der Waals surface area (Å²) in [5, 5.41) is 0. The second-order valence-electron chi connectivity index (χ2n) is 7.84. The van der Waals surface area contributed by atoms with Crippen LogP contribution in [0.5, 0.6) is 0 Å². The van der Waals surface area contributed by atoms with Crippen molar-refractivity contribution in [2.45, 2.75) is 43.9 Å². The molecule has 7 heteroatoms. The summed E-state index contributed by atoms with van der Waals surface area (Å²) in [5.41, 5.74) is 6.83. The van der Waals surface area contributed by atoms with Crippen molar-refractivity contribution < 1.29 is 13.2 Å². The van der Waals surface area contributed by atoms with Crippen LogP contribution in [0.3, 0.4) is 0 Å². The molecule has 26 heavy (non-hydrogen) atoms. The van der Waals surface area contributed by atoms with E-state index in [0.717, 1.165) is 37.9 Å². The molecule has 1 atom stereocenters. The Morgan fingerprint density at radius 2 is 1.81 bits per heavy atom. The monoisotopic (exact) mass is 379 g/mol. The summed E-state index contributed by atoms with van der Waals surface area (Å²) < 4.78 is 26.6. The van der Waals surface area contributed by atoms with E-state index in [1.54, 1.807) is 16.4 Å². The third-order valence-electron chi connectivity index (χ3n) is 5.66. The van der Waals surface area contributed by atoms with Gasteiger partial charge < -0.3 is 10.6 Å². The van der Waals surface area contributed by atoms with Gasteiger partial charge in [0, 0.05) is 32.6 Å². The molecule has 1 aromatic carbocycles. The minimum absolute atomic E-state index is 0.0429. The molecule has 2 aliphatic heterocycles. The minimum atomic E-state index is -3.37. The quantitative estimate of drug-likeness (QED) is 0.814. The van der Waals surface area contributed by atoms with Crippen molar-refractivity contribution in [3.63, 3.8) is 0 Å². The zero-order chi connectivity index (χ0) is 18.8. The van der Waals surface area contributed by atoms with E-state index in [1.807, 2.05) is 17.0 Å². The van der Waals surface area contributed by atoms with E-state index in [1.165, 1.54) is 0 Å². The smallest absolute Gasteiger partial charge is 0.243 e. The number of carbonyl (C=O) groups is 1. The molecule has 6 nitrogen and oxygen atoms in total. The largest absolute Gasteiger partial charge is 0.342 e. The highest BCUT2D eigenvalue weighted by Crippen LogP contribution is 2.29. The summed E-state index contributed by atoms with van der Waals surface area (Å²) in [7, 11) is -3.37. The van der Waals surface area contributed by atoms with Crippen LogP contribution in [0.15, 0.2) is 29.2 Å². The topological polar surface area (TPSA) is 83.7 Å². The number of rotatable bonds is 6. The summed E-state index contributed by atoms with van der Waals surface area (Å²) in [6.45, 7) is 5.45. The van der Waals surface area contributed by atoms with Gasteiger partial charge in [-0.05, 0) is 55.3 Å². The Bertz CT molecular complexity index is 742. The third kappa shape index (κ3) is 4.10. The zero-order valence-electron chi connectivity index (χ0n) is 15.5. The van der Waals surface area contributed by atoms with Gasteiger partial charge in [0.2, 0.25) is 15.9 Å². The van der Waals surface area contributed by atoms with E-state index in [-0.39, 0.29) is 11.3 Å². The van der Waals surface area contributed by atoms with E-state index in [9.17, 15) is 13.2 Å². The van der Waals surface area contributed by atoms with Crippen LogP contribution in [-0.4, -0.2) is 56.3 Å². The van der Waals surface area contributed by atoms with Gasteiger partial charge in [0.15, 0.2) is 0 Å². The van der Waals surface area contributed by atoms with Crippen molar-refractivity contribution in [1.82, 2.24) is 9.21 Å². The fourth-order valence-electron chi connectivity index (χ4n) is 3.72. The second-order valence-corrected chi connectivity index (χ2v) is 9.77. The normalized spacial score (nSPS) is 24.3. The molecule has 2 N–H and O–H groups in total. The molecule has 2 saturated heterocycles. The van der Waals surface area contributed by atoms with E-state index in [0.29, 0.717) is 37.4 Å². The van der Waals surface area contributed by atoms with E-state index in [4.69, 9.17) is 5.73 Å². The number of nitrogens with zero attached hydrogens (tertiary/aromatic N) is 2. The van der Waals surface area contributed by atoms with Crippen LogP contribution < -0.4 is 5.73 Å². The maximum atomic E-state index is 12.5. The van der Waals surface area contributed by atoms with Gasteiger partial charge in [0.05, 0.1) is 4.90 Å². The SMILES string of the molecule is CC1(CN)CCN(C(=O)CCc2ccc(S(=O)(=O)N3CCCC3)cc2)C1. The van der Waals surface area contributed by atoms with Crippen LogP contribution in [-0.2, 0) is 21.2 Å². The third-order valence-corrected chi connectivity index (χ3v) is 7.57. The molecule has 0 saturated carbocycles. The van der Waals surface area contributed by atoms with Crippen LogP contribution in [0.2, 0.25) is 0 Å². The van der Waals surface area contributed by atoms with Crippen LogP contribution in [0.1, 0.15) is 38.2 Å². The van der Waals surface area contributed by atoms with Crippen molar-refractivity contribution in [3.8, 4) is 0 Å². The molecule has 1 unspecified atom stereocenters. The number of benzene rings is 1. The van der Waals surface area contributed by atoms with Gasteiger partial charge in [-0.2, -0.15) is 4.31 Å². The maximum Gasteiger partial charge on any atom is 0.243 e. The van der Waals surface area contributed by atoms with E-state index < -0.39 is 10.0 Å². The van der Waals surface area contributed by atoms with Crippen LogP contribution in [0.4, 0.5) is 0 Å². The standard InChI is InChI=1S/C19H29N3O3S/c1-19(14-20)10-13-21(15-19)18(23)9-6-16-4-7-17(8-5-16)26(24,25)22-11-2-3-12-22/h4-5,7-8H,2-3,6,9-15,20H2,1H3. The number of aryl methyl sites for hydroxylation is 1. The average molecular weight is 380 g/mol. The molecule has 144 valence electrons. The van der Waals surface area contributed by atoms with Gasteiger partial charge in [-0.1, -0.05) is 19.1 Å². The molecule has 1 aromatic rings. The van der Waals surface area contributed by atoms with Gasteiger partial charge in [0.1, 0.15) is 0 Å². The number of hydrogen-bond acceptors (Lipinski definition) is 4. The Hall–Kier alpha value is -1.44. The Kier molecular flexibility index (Phi) is 5.69. The highest BCUT2D eigenvalue weighted by atomic mass is 32.2. The summed E-state index contributed by atoms with van der Waals surface area (Å²) in [4.78, 5) is 14.6. The summed E-state index contributed by atoms with van der Waals surface area (Å²) in [5.74, 6) is 0.149. The van der Waals surface area contributed by atoms with Gasteiger partial charge in [0.25, 0.3) is 0 Å². The van der Waals surface area contributed by atoms with Crippen LogP contribution in [0.25, 0.3) is 0 Å². The molecular formula is C19H29N3O3S. The fourth-order valence-corrected chi connectivity index (χ4v) is 5.24. The Morgan fingerprint density at radius 1 is 1.15 bits per heavy atom. The molecule has 2 heterocycles. The van der Waals surface area contributed by atoms with Crippen LogP contribution in [0, 0.1) is 5.41 Å². The molecule has 0 aliphatic carbocycles. The predicted molar refractivity (Wildman–Crippen MR) is 101 cm³/mol. The van der Waals surface area contributed by atoms with Crippen molar-refractivity contribution >= 4 is 15.9 Å². The lowest BCUT2D eigenvalue weighted by Crippen LogP contribution is -2.34. The molecule has 0 aromatic heterocycles. The summed E-state index contributed by atoms with van der Waals surface area (Å²) >= 11 is 0. The number of nitrogens with two attached hydrogens (primary N) is 1. The van der Waals surface area contributed by atoms with Crippen LogP contribution >= 0.6 is 0 Å². The first-order valence-corrected chi connectivity index (χ1v) is 10.9. The Morgan fingerprint density at radius 3 is 2.38 bits per heavy atom. The molecule has 0 radical (unpaired) electrons. The molecule has 1 amide bonds. The minimum Gasteiger partial charge on any atom is -0.342 e. The van der Waals surface area contributed by atoms with Crippen molar-refractivity contribution in [3.05, 3.63) is 29.8 Å². The van der Waals surface area contributed by atoms with Gasteiger partial charge in [-0.15, -0.1) is 0 Å². The highest BCUT2D eigenvalue weighted by molar-refractivity contribution is 7.89. The lowest BCUT2D eigenvalue weighted by Gasteiger charge is -2.22. The molecule has 2 aliphatic rings. The number of amides is 1. The second kappa shape index (κ2) is 7.66. The van der Waals surface area contributed by atoms with Gasteiger partial charge in [-0.25, -0.2) is 8.42 Å². The lowest BCUT2D eigenvalue weighted by atomic mass is 9.90. The predicted octanol–water partition coefficient (Wildman–Crippen LogP) is 1.60. The lowest BCUT2D eigenvalue weighted by molar-refractivity contribution is -0.130. The number of likely N-dealkylation sites (tertiary alicyclic amines) is 1. The molecule has 2 fully saturated rings. The zero-order valence-corrected chi connectivity index (χ0v) is 16.3. The number of hydrogen-bond donors (Lipinski definition) is 1. The highest BCUT2D eigenvalue weighted by Gasteiger charge is 2.34. The number of carbonyl (C=O) groups excluding carboxylic acids is 1. The molecule has 0 spiro atoms. The van der Waals surface area contributed by atoms with Gasteiger partial charge >= 0.3 is 0 Å². The molecular weight excluding hydrogens is 350 g/mol. The Labute approximate surface area is 156 Å². The number of sulfonamides is 1. The van der Waals surface area contributed by atoms with Crippen molar-refractivity contribution in [2.24, 2.45) is 11.1 Å². The summed E-state index contributed by atoms with van der Waals surface area (Å²) in [6.07, 6.45) is 3.88. The molecule has 0 bridgehead atoms. The summed E-state index contributed by atoms with van der Waals surface area (Å²) in [6, 6.07) is 6.97. The first kappa shape index (κ1) is 19.3. The first-order chi connectivity index (χ1) is 12.3. The molecule has 3 rings (SSSR count). The Balaban J connectivity index is 1.56. The van der Waals surface area contributed by atoms with Gasteiger partial charge in [-0.3, -0.25) is 4.79 Å². The first-order valence-electron chi connectivity index (χ1n) is 9.41. The van der Waals surface area contributed by atoms with E-state index in [2.05, 4.69) is 6.92 Å². The average Bonchev–Trinajstić information content (AvgIpc) is 3.31. The van der Waals surface area contributed by atoms with Crippen molar-refractivity contribution in [1.29, 1.82) is 0 Å².